The highest BCUT2D eigenvalue weighted by atomic mass is 16.5. The van der Waals surface area contributed by atoms with E-state index in [0.29, 0.717) is 6.01 Å². The summed E-state index contributed by atoms with van der Waals surface area (Å²) >= 11 is 0. The average Bonchev–Trinajstić information content (AvgIpc) is 3.12. The highest BCUT2D eigenvalue weighted by molar-refractivity contribution is 5.99. The molecule has 4 rings (SSSR count). The van der Waals surface area contributed by atoms with Gasteiger partial charge in [-0.15, -0.1) is 0 Å². The molecular weight excluding hydrogens is 310 g/mol. The van der Waals surface area contributed by atoms with Crippen LogP contribution in [0.1, 0.15) is 17.5 Å². The molecule has 1 aliphatic heterocycles. The number of rotatable bonds is 5. The maximum Gasteiger partial charge on any atom is 0.321 e. The van der Waals surface area contributed by atoms with Crippen molar-refractivity contribution in [2.24, 2.45) is 4.99 Å². The molecular formula is C21H17N3O. The van der Waals surface area contributed by atoms with Gasteiger partial charge in [-0.2, -0.15) is 0 Å². The van der Waals surface area contributed by atoms with Crippen molar-refractivity contribution in [3.8, 4) is 11.8 Å². The summed E-state index contributed by atoms with van der Waals surface area (Å²) in [7, 11) is 0. The van der Waals surface area contributed by atoms with Gasteiger partial charge in [0.25, 0.3) is 0 Å². The van der Waals surface area contributed by atoms with Gasteiger partial charge in [0.1, 0.15) is 5.75 Å². The average molecular weight is 327 g/mol. The third-order valence-electron chi connectivity index (χ3n) is 4.00. The van der Waals surface area contributed by atoms with Crippen LogP contribution in [-0.4, -0.2) is 15.7 Å². The smallest absolute Gasteiger partial charge is 0.321 e. The van der Waals surface area contributed by atoms with Gasteiger partial charge in [0.05, 0.1) is 0 Å². The second-order valence-electron chi connectivity index (χ2n) is 5.86. The molecule has 0 fully saturated rings. The summed E-state index contributed by atoms with van der Waals surface area (Å²) in [4.78, 5) is 13.2. The van der Waals surface area contributed by atoms with Crippen molar-refractivity contribution in [1.82, 2.24) is 9.97 Å². The third kappa shape index (κ3) is 3.80. The summed E-state index contributed by atoms with van der Waals surface area (Å²) in [6, 6.07) is 20.3. The standard InChI is InChI=1S/C21H17N3O/c1-3-7-16(8-4-1)11-19-12-17(13-22-19)18-14-23-21(24-15-18)25-20-9-5-2-6-10-20/h1-10,13-15H,11-12H2. The number of nitrogens with zero attached hydrogens (tertiary/aromatic N) is 3. The highest BCUT2D eigenvalue weighted by Crippen LogP contribution is 2.25. The van der Waals surface area contributed by atoms with E-state index in [4.69, 9.17) is 4.74 Å². The van der Waals surface area contributed by atoms with Gasteiger partial charge < -0.3 is 4.74 Å². The molecule has 0 atom stereocenters. The number of benzene rings is 2. The highest BCUT2D eigenvalue weighted by Gasteiger charge is 2.13. The first kappa shape index (κ1) is 15.3. The molecule has 3 aromatic rings. The first-order chi connectivity index (χ1) is 12.4. The van der Waals surface area contributed by atoms with Gasteiger partial charge in [0.15, 0.2) is 0 Å². The molecule has 2 heterocycles. The van der Waals surface area contributed by atoms with Crippen LogP contribution in [0.3, 0.4) is 0 Å². The van der Waals surface area contributed by atoms with Crippen LogP contribution in [-0.2, 0) is 6.42 Å². The lowest BCUT2D eigenvalue weighted by atomic mass is 10.0. The fourth-order valence-electron chi connectivity index (χ4n) is 2.73. The third-order valence-corrected chi connectivity index (χ3v) is 4.00. The van der Waals surface area contributed by atoms with E-state index in [1.165, 1.54) is 5.56 Å². The molecule has 0 aliphatic carbocycles. The van der Waals surface area contributed by atoms with Gasteiger partial charge in [-0.05, 0) is 23.3 Å². The van der Waals surface area contributed by atoms with E-state index < -0.39 is 0 Å². The zero-order chi connectivity index (χ0) is 16.9. The first-order valence-corrected chi connectivity index (χ1v) is 8.21. The maximum absolute atomic E-state index is 5.63. The van der Waals surface area contributed by atoms with Crippen LogP contribution in [0.5, 0.6) is 11.8 Å². The Morgan fingerprint density at radius 1 is 0.840 bits per heavy atom. The van der Waals surface area contributed by atoms with Crippen molar-refractivity contribution >= 4 is 11.3 Å². The largest absolute Gasteiger partial charge is 0.424 e. The summed E-state index contributed by atoms with van der Waals surface area (Å²) < 4.78 is 5.63. The Morgan fingerprint density at radius 3 is 2.24 bits per heavy atom. The van der Waals surface area contributed by atoms with Crippen molar-refractivity contribution in [2.75, 3.05) is 0 Å². The predicted octanol–water partition coefficient (Wildman–Crippen LogP) is 4.70. The molecule has 1 aromatic heterocycles. The van der Waals surface area contributed by atoms with Crippen LogP contribution in [0.25, 0.3) is 5.57 Å². The van der Waals surface area contributed by atoms with Gasteiger partial charge in [0.2, 0.25) is 0 Å². The lowest BCUT2D eigenvalue weighted by Gasteiger charge is -2.06. The monoisotopic (exact) mass is 327 g/mol. The summed E-state index contributed by atoms with van der Waals surface area (Å²) in [5, 5.41) is 0. The minimum Gasteiger partial charge on any atom is -0.424 e. The molecule has 0 amide bonds. The molecule has 122 valence electrons. The predicted molar refractivity (Wildman–Crippen MR) is 98.7 cm³/mol. The van der Waals surface area contributed by atoms with Crippen molar-refractivity contribution < 1.29 is 4.74 Å². The lowest BCUT2D eigenvalue weighted by Crippen LogP contribution is -2.01. The second kappa shape index (κ2) is 7.09. The lowest BCUT2D eigenvalue weighted by molar-refractivity contribution is 0.441. The molecule has 2 aromatic carbocycles. The van der Waals surface area contributed by atoms with E-state index in [1.807, 2.05) is 42.6 Å². The minimum absolute atomic E-state index is 0.346. The number of aliphatic imine (C=N–C) groups is 1. The quantitative estimate of drug-likeness (QED) is 0.682. The summed E-state index contributed by atoms with van der Waals surface area (Å²) in [5.41, 5.74) is 4.55. The molecule has 1 aliphatic rings. The van der Waals surface area contributed by atoms with E-state index >= 15 is 0 Å². The summed E-state index contributed by atoms with van der Waals surface area (Å²) in [5.74, 6) is 0.726. The fourth-order valence-corrected chi connectivity index (χ4v) is 2.73. The Balaban J connectivity index is 1.39. The molecule has 4 heteroatoms. The number of hydrogen-bond acceptors (Lipinski definition) is 4. The van der Waals surface area contributed by atoms with Crippen LogP contribution < -0.4 is 4.74 Å². The van der Waals surface area contributed by atoms with E-state index in [0.717, 1.165) is 35.4 Å². The van der Waals surface area contributed by atoms with E-state index in [1.54, 1.807) is 12.4 Å². The van der Waals surface area contributed by atoms with Crippen LogP contribution in [0.4, 0.5) is 0 Å². The van der Waals surface area contributed by atoms with Crippen LogP contribution in [0, 0.1) is 0 Å². The Kier molecular flexibility index (Phi) is 4.33. The first-order valence-electron chi connectivity index (χ1n) is 8.21. The zero-order valence-corrected chi connectivity index (χ0v) is 13.7. The van der Waals surface area contributed by atoms with Crippen molar-refractivity contribution in [2.45, 2.75) is 12.8 Å². The van der Waals surface area contributed by atoms with Gasteiger partial charge in [0, 0.05) is 42.7 Å². The number of hydrogen-bond donors (Lipinski definition) is 0. The number of allylic oxidation sites excluding steroid dienone is 1. The molecule has 0 saturated heterocycles. The van der Waals surface area contributed by atoms with E-state index in [2.05, 4.69) is 39.2 Å². The van der Waals surface area contributed by atoms with Gasteiger partial charge >= 0.3 is 6.01 Å². The van der Waals surface area contributed by atoms with Crippen molar-refractivity contribution in [3.05, 3.63) is 90.4 Å². The molecule has 0 saturated carbocycles. The fraction of sp³-hybridized carbons (Fsp3) is 0.0952. The zero-order valence-electron chi connectivity index (χ0n) is 13.7. The molecule has 4 nitrogen and oxygen atoms in total. The Hall–Kier alpha value is -3.27. The molecule has 25 heavy (non-hydrogen) atoms. The number of para-hydroxylation sites is 1. The number of ether oxygens (including phenoxy) is 1. The SMILES string of the molecule is C1=C(c2cnc(Oc3ccccc3)nc2)CC(Cc2ccccc2)=N1. The van der Waals surface area contributed by atoms with Gasteiger partial charge in [-0.25, -0.2) is 9.97 Å². The van der Waals surface area contributed by atoms with Gasteiger partial charge in [-0.3, -0.25) is 4.99 Å². The van der Waals surface area contributed by atoms with Crippen LogP contribution in [0.15, 0.2) is 84.2 Å². The molecule has 0 unspecified atom stereocenters. The van der Waals surface area contributed by atoms with E-state index in [9.17, 15) is 0 Å². The number of aromatic nitrogens is 2. The molecule has 0 spiro atoms. The van der Waals surface area contributed by atoms with Crippen LogP contribution >= 0.6 is 0 Å². The Bertz CT molecular complexity index is 901. The Morgan fingerprint density at radius 2 is 1.52 bits per heavy atom. The maximum atomic E-state index is 5.63. The van der Waals surface area contributed by atoms with Crippen molar-refractivity contribution in [3.63, 3.8) is 0 Å². The normalized spacial score (nSPS) is 13.3. The topological polar surface area (TPSA) is 47.4 Å². The van der Waals surface area contributed by atoms with Crippen LogP contribution in [0.2, 0.25) is 0 Å². The molecule has 0 bridgehead atoms. The Labute approximate surface area is 146 Å². The minimum atomic E-state index is 0.346. The molecule has 0 radical (unpaired) electrons. The second-order valence-corrected chi connectivity index (χ2v) is 5.86. The molecule has 0 N–H and O–H groups in total. The van der Waals surface area contributed by atoms with E-state index in [-0.39, 0.29) is 0 Å². The summed E-state index contributed by atoms with van der Waals surface area (Å²) in [6.45, 7) is 0. The van der Waals surface area contributed by atoms with Crippen molar-refractivity contribution in [1.29, 1.82) is 0 Å². The summed E-state index contributed by atoms with van der Waals surface area (Å²) in [6.07, 6.45) is 7.19. The van der Waals surface area contributed by atoms with Gasteiger partial charge in [-0.1, -0.05) is 48.5 Å².